The molecule has 1 heterocycles. The second kappa shape index (κ2) is 7.28. The largest absolute Gasteiger partial charge is 0.481 e. The standard InChI is InChI=1S/C14H24N2O/c1-5-11(6-2)10-13(15-3)12-8-7-9-16-14(12)17-4/h7-9,11,13,15H,5-6,10H2,1-4H3. The number of aromatic nitrogens is 1. The van der Waals surface area contributed by atoms with Gasteiger partial charge in [-0.3, -0.25) is 0 Å². The number of ether oxygens (including phenoxy) is 1. The molecule has 1 rings (SSSR count). The van der Waals surface area contributed by atoms with Crippen LogP contribution in [0.4, 0.5) is 0 Å². The molecule has 0 aliphatic rings. The van der Waals surface area contributed by atoms with Gasteiger partial charge in [-0.25, -0.2) is 4.98 Å². The summed E-state index contributed by atoms with van der Waals surface area (Å²) in [5, 5.41) is 3.37. The number of rotatable bonds is 7. The van der Waals surface area contributed by atoms with Crippen molar-refractivity contribution in [2.75, 3.05) is 14.2 Å². The van der Waals surface area contributed by atoms with Crippen LogP contribution in [0.25, 0.3) is 0 Å². The molecule has 0 fully saturated rings. The second-order valence-corrected chi connectivity index (χ2v) is 4.36. The van der Waals surface area contributed by atoms with Crippen molar-refractivity contribution in [1.82, 2.24) is 10.3 Å². The zero-order valence-corrected chi connectivity index (χ0v) is 11.4. The molecule has 1 aromatic rings. The van der Waals surface area contributed by atoms with E-state index >= 15 is 0 Å². The molecule has 96 valence electrons. The maximum Gasteiger partial charge on any atom is 0.217 e. The Labute approximate surface area is 105 Å². The quantitative estimate of drug-likeness (QED) is 0.789. The van der Waals surface area contributed by atoms with Crippen LogP contribution in [0.1, 0.15) is 44.7 Å². The minimum Gasteiger partial charge on any atom is -0.481 e. The summed E-state index contributed by atoms with van der Waals surface area (Å²) in [6.07, 6.45) is 5.34. The molecule has 17 heavy (non-hydrogen) atoms. The van der Waals surface area contributed by atoms with Gasteiger partial charge in [-0.15, -0.1) is 0 Å². The minimum atomic E-state index is 0.323. The van der Waals surface area contributed by atoms with Crippen LogP contribution in [-0.4, -0.2) is 19.1 Å². The van der Waals surface area contributed by atoms with Gasteiger partial charge in [0.15, 0.2) is 0 Å². The zero-order valence-electron chi connectivity index (χ0n) is 11.4. The number of hydrogen-bond donors (Lipinski definition) is 1. The molecule has 0 saturated heterocycles. The van der Waals surface area contributed by atoms with E-state index in [2.05, 4.69) is 30.2 Å². The number of nitrogens with zero attached hydrogens (tertiary/aromatic N) is 1. The molecule has 1 atom stereocenters. The summed E-state index contributed by atoms with van der Waals surface area (Å²) >= 11 is 0. The molecule has 0 radical (unpaired) electrons. The van der Waals surface area contributed by atoms with Gasteiger partial charge >= 0.3 is 0 Å². The van der Waals surface area contributed by atoms with Crippen LogP contribution in [0.2, 0.25) is 0 Å². The monoisotopic (exact) mass is 236 g/mol. The molecule has 0 aliphatic carbocycles. The fraction of sp³-hybridized carbons (Fsp3) is 0.643. The molecule has 0 amide bonds. The van der Waals surface area contributed by atoms with E-state index in [1.807, 2.05) is 13.1 Å². The topological polar surface area (TPSA) is 34.2 Å². The van der Waals surface area contributed by atoms with Crippen molar-refractivity contribution in [1.29, 1.82) is 0 Å². The smallest absolute Gasteiger partial charge is 0.217 e. The fourth-order valence-electron chi connectivity index (χ4n) is 2.19. The van der Waals surface area contributed by atoms with Gasteiger partial charge in [0.1, 0.15) is 0 Å². The van der Waals surface area contributed by atoms with E-state index in [1.54, 1.807) is 13.3 Å². The van der Waals surface area contributed by atoms with E-state index in [4.69, 9.17) is 4.74 Å². The van der Waals surface area contributed by atoms with Crippen molar-refractivity contribution in [3.63, 3.8) is 0 Å². The lowest BCUT2D eigenvalue weighted by Crippen LogP contribution is -2.20. The van der Waals surface area contributed by atoms with Crippen molar-refractivity contribution in [2.24, 2.45) is 5.92 Å². The maximum absolute atomic E-state index is 5.33. The highest BCUT2D eigenvalue weighted by Crippen LogP contribution is 2.29. The Hall–Kier alpha value is -1.09. The average Bonchev–Trinajstić information content (AvgIpc) is 2.40. The van der Waals surface area contributed by atoms with Gasteiger partial charge < -0.3 is 10.1 Å². The summed E-state index contributed by atoms with van der Waals surface area (Å²) in [7, 11) is 3.68. The highest BCUT2D eigenvalue weighted by Gasteiger charge is 2.18. The van der Waals surface area contributed by atoms with Gasteiger partial charge in [0.25, 0.3) is 0 Å². The summed E-state index contributed by atoms with van der Waals surface area (Å²) < 4.78 is 5.33. The molecular weight excluding hydrogens is 212 g/mol. The molecule has 0 saturated carbocycles. The highest BCUT2D eigenvalue weighted by atomic mass is 16.5. The van der Waals surface area contributed by atoms with Gasteiger partial charge in [0.2, 0.25) is 5.88 Å². The van der Waals surface area contributed by atoms with Crippen molar-refractivity contribution in [2.45, 2.75) is 39.2 Å². The van der Waals surface area contributed by atoms with Gasteiger partial charge in [-0.2, -0.15) is 0 Å². The summed E-state index contributed by atoms with van der Waals surface area (Å²) in [5.41, 5.74) is 1.16. The molecule has 1 unspecified atom stereocenters. The van der Waals surface area contributed by atoms with Gasteiger partial charge in [-0.1, -0.05) is 32.8 Å². The van der Waals surface area contributed by atoms with Gasteiger partial charge in [-0.05, 0) is 25.5 Å². The van der Waals surface area contributed by atoms with Crippen LogP contribution in [0, 0.1) is 5.92 Å². The molecule has 0 aromatic carbocycles. The first-order chi connectivity index (χ1) is 8.26. The third-order valence-corrected chi connectivity index (χ3v) is 3.44. The predicted octanol–water partition coefficient (Wildman–Crippen LogP) is 3.18. The molecule has 0 bridgehead atoms. The fourth-order valence-corrected chi connectivity index (χ4v) is 2.19. The maximum atomic E-state index is 5.33. The Morgan fingerprint density at radius 1 is 1.35 bits per heavy atom. The Kier molecular flexibility index (Phi) is 5.98. The van der Waals surface area contributed by atoms with Crippen LogP contribution in [-0.2, 0) is 0 Å². The zero-order chi connectivity index (χ0) is 12.7. The molecule has 0 aliphatic heterocycles. The Bertz CT molecular complexity index is 324. The Morgan fingerprint density at radius 2 is 2.06 bits per heavy atom. The van der Waals surface area contributed by atoms with E-state index < -0.39 is 0 Å². The van der Waals surface area contributed by atoms with Crippen LogP contribution < -0.4 is 10.1 Å². The summed E-state index contributed by atoms with van der Waals surface area (Å²) in [4.78, 5) is 4.26. The Balaban J connectivity index is 2.85. The first kappa shape index (κ1) is 14.0. The van der Waals surface area contributed by atoms with E-state index in [9.17, 15) is 0 Å². The lowest BCUT2D eigenvalue weighted by Gasteiger charge is -2.22. The first-order valence-corrected chi connectivity index (χ1v) is 6.42. The van der Waals surface area contributed by atoms with Gasteiger partial charge in [0.05, 0.1) is 7.11 Å². The number of methoxy groups -OCH3 is 1. The number of nitrogens with one attached hydrogen (secondary N) is 1. The Morgan fingerprint density at radius 3 is 2.59 bits per heavy atom. The molecule has 3 nitrogen and oxygen atoms in total. The molecular formula is C14H24N2O. The van der Waals surface area contributed by atoms with Crippen molar-refractivity contribution in [3.05, 3.63) is 23.9 Å². The molecule has 0 spiro atoms. The van der Waals surface area contributed by atoms with Crippen molar-refractivity contribution in [3.8, 4) is 5.88 Å². The second-order valence-electron chi connectivity index (χ2n) is 4.36. The highest BCUT2D eigenvalue weighted by molar-refractivity contribution is 5.28. The summed E-state index contributed by atoms with van der Waals surface area (Å²) in [6.45, 7) is 4.50. The van der Waals surface area contributed by atoms with E-state index in [1.165, 1.54) is 12.8 Å². The van der Waals surface area contributed by atoms with Gasteiger partial charge in [0, 0.05) is 17.8 Å². The SMILES string of the molecule is CCC(CC)CC(NC)c1cccnc1OC. The van der Waals surface area contributed by atoms with E-state index in [-0.39, 0.29) is 0 Å². The average molecular weight is 236 g/mol. The summed E-state index contributed by atoms with van der Waals surface area (Å²) in [6, 6.07) is 4.38. The third-order valence-electron chi connectivity index (χ3n) is 3.44. The molecule has 1 aromatic heterocycles. The van der Waals surface area contributed by atoms with Crippen LogP contribution in [0.15, 0.2) is 18.3 Å². The van der Waals surface area contributed by atoms with E-state index in [0.29, 0.717) is 6.04 Å². The van der Waals surface area contributed by atoms with Crippen molar-refractivity contribution >= 4 is 0 Å². The lowest BCUT2D eigenvalue weighted by molar-refractivity contribution is 0.356. The summed E-state index contributed by atoms with van der Waals surface area (Å²) in [5.74, 6) is 1.48. The van der Waals surface area contributed by atoms with Crippen molar-refractivity contribution < 1.29 is 4.74 Å². The van der Waals surface area contributed by atoms with Crippen LogP contribution in [0.3, 0.4) is 0 Å². The lowest BCUT2D eigenvalue weighted by atomic mass is 9.91. The molecule has 3 heteroatoms. The predicted molar refractivity (Wildman–Crippen MR) is 71.3 cm³/mol. The minimum absolute atomic E-state index is 0.323. The van der Waals surface area contributed by atoms with Crippen LogP contribution in [0.5, 0.6) is 5.88 Å². The molecule has 1 N–H and O–H groups in total. The number of hydrogen-bond acceptors (Lipinski definition) is 3. The first-order valence-electron chi connectivity index (χ1n) is 6.42. The van der Waals surface area contributed by atoms with Crippen LogP contribution >= 0.6 is 0 Å². The normalized spacial score (nSPS) is 12.8. The number of pyridine rings is 1. The van der Waals surface area contributed by atoms with E-state index in [0.717, 1.165) is 23.8 Å². The third kappa shape index (κ3) is 3.70.